The Hall–Kier alpha value is -4.71. The van der Waals surface area contributed by atoms with E-state index >= 15 is 0 Å². The van der Waals surface area contributed by atoms with Gasteiger partial charge in [0.1, 0.15) is 11.6 Å². The van der Waals surface area contributed by atoms with Crippen molar-refractivity contribution >= 4 is 32.5 Å². The van der Waals surface area contributed by atoms with Crippen molar-refractivity contribution in [2.75, 3.05) is 11.6 Å². The number of imidazole rings is 1. The predicted molar refractivity (Wildman–Crippen MR) is 149 cm³/mol. The van der Waals surface area contributed by atoms with Crippen molar-refractivity contribution in [1.29, 1.82) is 0 Å². The lowest BCUT2D eigenvalue weighted by Crippen LogP contribution is -2.31. The largest absolute Gasteiger partial charge is 0.366 e. The molecule has 11 nitrogen and oxygen atoms in total. The van der Waals surface area contributed by atoms with E-state index in [9.17, 15) is 13.2 Å². The number of pyridine rings is 4. The number of hydrogen-bond acceptors (Lipinski definition) is 9. The van der Waals surface area contributed by atoms with E-state index in [-0.39, 0.29) is 23.0 Å². The number of anilines is 1. The van der Waals surface area contributed by atoms with Crippen molar-refractivity contribution in [2.45, 2.75) is 36.9 Å². The quantitative estimate of drug-likeness (QED) is 0.310. The number of sulfone groups is 1. The van der Waals surface area contributed by atoms with Gasteiger partial charge < -0.3 is 15.2 Å². The molecule has 0 fully saturated rings. The summed E-state index contributed by atoms with van der Waals surface area (Å²) in [5.41, 5.74) is 2.95. The van der Waals surface area contributed by atoms with Gasteiger partial charge in [-0.05, 0) is 42.8 Å². The molecular formula is C28H26N8O3S. The van der Waals surface area contributed by atoms with Crippen LogP contribution in [0.1, 0.15) is 28.3 Å². The topological polar surface area (TPSA) is 145 Å². The molecule has 2 N–H and O–H groups in total. The number of fused-ring (bicyclic) bond motifs is 2. The van der Waals surface area contributed by atoms with Crippen LogP contribution in [0.25, 0.3) is 22.3 Å². The van der Waals surface area contributed by atoms with E-state index in [1.54, 1.807) is 6.20 Å². The van der Waals surface area contributed by atoms with E-state index in [1.165, 1.54) is 18.5 Å². The van der Waals surface area contributed by atoms with Crippen LogP contribution in [0.3, 0.4) is 0 Å². The highest BCUT2D eigenvalue weighted by molar-refractivity contribution is 7.90. The monoisotopic (exact) mass is 554 g/mol. The van der Waals surface area contributed by atoms with Crippen molar-refractivity contribution in [3.8, 4) is 11.4 Å². The van der Waals surface area contributed by atoms with Crippen molar-refractivity contribution < 1.29 is 13.2 Å². The molecule has 5 aromatic rings. The third-order valence-electron chi connectivity index (χ3n) is 6.76. The molecule has 0 bridgehead atoms. The second kappa shape index (κ2) is 10.5. The summed E-state index contributed by atoms with van der Waals surface area (Å²) in [6.07, 6.45) is 11.1. The number of aryl methyl sites for hydroxylation is 1. The Morgan fingerprint density at radius 2 is 1.93 bits per heavy atom. The van der Waals surface area contributed by atoms with Crippen LogP contribution in [-0.2, 0) is 29.3 Å². The summed E-state index contributed by atoms with van der Waals surface area (Å²) >= 11 is 0. The van der Waals surface area contributed by atoms with Gasteiger partial charge in [-0.15, -0.1) is 0 Å². The molecule has 0 aliphatic carbocycles. The standard InChI is InChI=1S/C28H26N8O3S/c1-40(38,39)22-11-19(13-29-16-22)28(37)32-15-21-12-25-18(14-31-21)5-7-24(34-25)23-3-2-4-26(35-23)33-20-6-8-27-30-9-10-36(27)17-20/h2-5,7,9-14,16,20H,6,8,15,17H2,1H3,(H,32,37)(H,33,35). The first-order valence-corrected chi connectivity index (χ1v) is 14.6. The van der Waals surface area contributed by atoms with Crippen molar-refractivity contribution in [3.63, 3.8) is 0 Å². The van der Waals surface area contributed by atoms with Gasteiger partial charge in [-0.2, -0.15) is 0 Å². The molecule has 40 heavy (non-hydrogen) atoms. The van der Waals surface area contributed by atoms with E-state index in [1.807, 2.05) is 48.8 Å². The fraction of sp³-hybridized carbons (Fsp3) is 0.214. The summed E-state index contributed by atoms with van der Waals surface area (Å²) in [6.45, 7) is 0.989. The molecule has 0 aromatic carbocycles. The molecule has 1 amide bonds. The molecule has 0 radical (unpaired) electrons. The van der Waals surface area contributed by atoms with Crippen LogP contribution in [0.4, 0.5) is 5.82 Å². The molecule has 0 saturated heterocycles. The summed E-state index contributed by atoms with van der Waals surface area (Å²) in [5, 5.41) is 7.17. The fourth-order valence-corrected chi connectivity index (χ4v) is 5.26. The van der Waals surface area contributed by atoms with Gasteiger partial charge in [0.25, 0.3) is 5.91 Å². The molecular weight excluding hydrogens is 528 g/mol. The number of nitrogens with zero attached hydrogens (tertiary/aromatic N) is 6. The average Bonchev–Trinajstić information content (AvgIpc) is 3.43. The van der Waals surface area contributed by atoms with E-state index in [0.29, 0.717) is 5.69 Å². The second-order valence-corrected chi connectivity index (χ2v) is 11.7. The Bertz CT molecular complexity index is 1840. The van der Waals surface area contributed by atoms with Gasteiger partial charge >= 0.3 is 0 Å². The fourth-order valence-electron chi connectivity index (χ4n) is 4.67. The lowest BCUT2D eigenvalue weighted by atomic mass is 10.1. The van der Waals surface area contributed by atoms with E-state index in [2.05, 4.69) is 30.2 Å². The van der Waals surface area contributed by atoms with Crippen molar-refractivity contribution in [3.05, 3.63) is 90.5 Å². The molecule has 6 rings (SSSR count). The number of rotatable bonds is 7. The Balaban J connectivity index is 1.16. The molecule has 1 atom stereocenters. The van der Waals surface area contributed by atoms with Crippen LogP contribution in [0.15, 0.2) is 78.3 Å². The minimum Gasteiger partial charge on any atom is -0.366 e. The highest BCUT2D eigenvalue weighted by Crippen LogP contribution is 2.23. The number of nitrogens with one attached hydrogen (secondary N) is 2. The first-order valence-electron chi connectivity index (χ1n) is 12.7. The van der Waals surface area contributed by atoms with Gasteiger partial charge in [-0.3, -0.25) is 14.8 Å². The summed E-state index contributed by atoms with van der Waals surface area (Å²) < 4.78 is 25.7. The molecule has 1 aliphatic heterocycles. The van der Waals surface area contributed by atoms with E-state index in [0.717, 1.165) is 59.6 Å². The van der Waals surface area contributed by atoms with Crippen LogP contribution in [0, 0.1) is 0 Å². The molecule has 202 valence electrons. The minimum absolute atomic E-state index is 0.0142. The number of carbonyl (C=O) groups is 1. The SMILES string of the molecule is CS(=O)(=O)c1cncc(C(=O)NCc2cc3nc(-c4cccc(NC5CCc6nccn6C5)n4)ccc3cn2)c1. The third-order valence-corrected chi connectivity index (χ3v) is 7.84. The third kappa shape index (κ3) is 5.52. The Morgan fingerprint density at radius 1 is 1.05 bits per heavy atom. The van der Waals surface area contributed by atoms with E-state index < -0.39 is 15.7 Å². The van der Waals surface area contributed by atoms with Crippen molar-refractivity contribution in [2.24, 2.45) is 0 Å². The van der Waals surface area contributed by atoms with Gasteiger partial charge in [0.2, 0.25) is 0 Å². The van der Waals surface area contributed by atoms with Crippen LogP contribution in [-0.4, -0.2) is 56.1 Å². The number of aromatic nitrogens is 6. The number of amides is 1. The Kier molecular flexibility index (Phi) is 6.68. The summed E-state index contributed by atoms with van der Waals surface area (Å²) in [5.74, 6) is 1.46. The summed E-state index contributed by atoms with van der Waals surface area (Å²) in [4.78, 5) is 34.9. The number of hydrogen-bond donors (Lipinski definition) is 2. The zero-order chi connectivity index (χ0) is 27.7. The highest BCUT2D eigenvalue weighted by Gasteiger charge is 2.19. The maximum absolute atomic E-state index is 12.6. The molecule has 5 aromatic heterocycles. The summed E-state index contributed by atoms with van der Waals surface area (Å²) in [6, 6.07) is 13.1. The van der Waals surface area contributed by atoms with Gasteiger partial charge in [0, 0.05) is 61.6 Å². The molecule has 6 heterocycles. The lowest BCUT2D eigenvalue weighted by Gasteiger charge is -2.25. The predicted octanol–water partition coefficient (Wildman–Crippen LogP) is 3.04. The maximum atomic E-state index is 12.6. The van der Waals surface area contributed by atoms with Gasteiger partial charge in [-0.25, -0.2) is 23.4 Å². The van der Waals surface area contributed by atoms with Gasteiger partial charge in [0.05, 0.1) is 39.6 Å². The Morgan fingerprint density at radius 3 is 2.80 bits per heavy atom. The van der Waals surface area contributed by atoms with Gasteiger partial charge in [-0.1, -0.05) is 6.07 Å². The van der Waals surface area contributed by atoms with Crippen LogP contribution < -0.4 is 10.6 Å². The molecule has 1 aliphatic rings. The van der Waals surface area contributed by atoms with Crippen LogP contribution >= 0.6 is 0 Å². The highest BCUT2D eigenvalue weighted by atomic mass is 32.2. The smallest absolute Gasteiger partial charge is 0.253 e. The van der Waals surface area contributed by atoms with Crippen LogP contribution in [0.5, 0.6) is 0 Å². The second-order valence-electron chi connectivity index (χ2n) is 9.71. The van der Waals surface area contributed by atoms with Gasteiger partial charge in [0.15, 0.2) is 9.84 Å². The lowest BCUT2D eigenvalue weighted by molar-refractivity contribution is 0.0950. The molecule has 0 saturated carbocycles. The first kappa shape index (κ1) is 25.6. The zero-order valence-corrected chi connectivity index (χ0v) is 22.5. The Labute approximate surface area is 230 Å². The summed E-state index contributed by atoms with van der Waals surface area (Å²) in [7, 11) is -3.47. The number of carbonyl (C=O) groups excluding carboxylic acids is 1. The normalized spacial score (nSPS) is 15.0. The minimum atomic E-state index is -3.47. The first-order chi connectivity index (χ1) is 19.3. The average molecular weight is 555 g/mol. The zero-order valence-electron chi connectivity index (χ0n) is 21.7. The molecule has 0 spiro atoms. The molecule has 12 heteroatoms. The molecule has 1 unspecified atom stereocenters. The van der Waals surface area contributed by atoms with Crippen LogP contribution in [0.2, 0.25) is 0 Å². The van der Waals surface area contributed by atoms with E-state index in [4.69, 9.17) is 9.97 Å². The van der Waals surface area contributed by atoms with Crippen molar-refractivity contribution in [1.82, 2.24) is 34.8 Å². The maximum Gasteiger partial charge on any atom is 0.253 e.